The number of hydrogen-bond acceptors (Lipinski definition) is 5. The molecular formula is C21H26N4OS. The van der Waals surface area contributed by atoms with Crippen molar-refractivity contribution in [2.24, 2.45) is 5.41 Å². The van der Waals surface area contributed by atoms with Crippen LogP contribution in [0.5, 0.6) is 0 Å². The molecule has 4 atom stereocenters. The van der Waals surface area contributed by atoms with E-state index >= 15 is 0 Å². The van der Waals surface area contributed by atoms with Crippen LogP contribution in [-0.4, -0.2) is 45.4 Å². The second-order valence-corrected chi connectivity index (χ2v) is 9.39. The molecule has 2 aromatic heterocycles. The Balaban J connectivity index is 1.50. The van der Waals surface area contributed by atoms with Gasteiger partial charge in [0.2, 0.25) is 0 Å². The van der Waals surface area contributed by atoms with Crippen molar-refractivity contribution in [3.8, 4) is 10.6 Å². The molecule has 142 valence electrons. The Morgan fingerprint density at radius 3 is 3.00 bits per heavy atom. The van der Waals surface area contributed by atoms with Crippen LogP contribution in [0.4, 0.5) is 0 Å². The normalized spacial score (nSPS) is 32.4. The van der Waals surface area contributed by atoms with Gasteiger partial charge in [0, 0.05) is 41.8 Å². The summed E-state index contributed by atoms with van der Waals surface area (Å²) in [5.74, 6) is 0.170. The fourth-order valence-corrected chi connectivity index (χ4v) is 6.42. The fraction of sp³-hybridized carbons (Fsp3) is 0.571. The molecule has 1 amide bonds. The van der Waals surface area contributed by atoms with Crippen LogP contribution in [0.2, 0.25) is 0 Å². The highest BCUT2D eigenvalue weighted by atomic mass is 32.1. The van der Waals surface area contributed by atoms with Crippen LogP contribution in [0.25, 0.3) is 10.6 Å². The highest BCUT2D eigenvalue weighted by molar-refractivity contribution is 7.13. The monoisotopic (exact) mass is 382 g/mol. The number of aryl methyl sites for hydroxylation is 1. The van der Waals surface area contributed by atoms with Gasteiger partial charge < -0.3 is 10.2 Å². The molecule has 0 spiro atoms. The van der Waals surface area contributed by atoms with Crippen molar-refractivity contribution in [3.05, 3.63) is 35.1 Å². The standard InChI is InChI=1S/C21H26N4OS/c1-13-19(27-12-24-13)16-9-14(7-8-22-16)20(26)25-15-10-21(2)17(23-11-15)5-3-4-6-18(21)25/h7-9,12,15,17-18,23H,3-6,10-11H2,1-2H3/t15-,17+,18-,21+/m0/s1. The third-order valence-corrected chi connectivity index (χ3v) is 7.95. The number of amides is 1. The number of nitrogens with zero attached hydrogens (tertiary/aromatic N) is 3. The van der Waals surface area contributed by atoms with Crippen molar-refractivity contribution in [3.63, 3.8) is 0 Å². The third kappa shape index (κ3) is 2.64. The van der Waals surface area contributed by atoms with Gasteiger partial charge in [-0.15, -0.1) is 11.3 Å². The predicted octanol–water partition coefficient (Wildman–Crippen LogP) is 3.65. The zero-order chi connectivity index (χ0) is 18.6. The number of carbonyl (C=O) groups is 1. The molecule has 4 heterocycles. The summed E-state index contributed by atoms with van der Waals surface area (Å²) in [6, 6.07) is 5.03. The summed E-state index contributed by atoms with van der Waals surface area (Å²) in [4.78, 5) is 25.7. The number of likely N-dealkylation sites (tertiary alicyclic amines) is 1. The lowest BCUT2D eigenvalue weighted by atomic mass is 9.72. The second kappa shape index (κ2) is 6.38. The molecule has 3 fully saturated rings. The first-order valence-electron chi connectivity index (χ1n) is 10.0. The van der Waals surface area contributed by atoms with Crippen molar-refractivity contribution >= 4 is 17.2 Å². The second-order valence-electron chi connectivity index (χ2n) is 8.53. The van der Waals surface area contributed by atoms with E-state index in [1.54, 1.807) is 17.5 Å². The Kier molecular flexibility index (Phi) is 4.09. The lowest BCUT2D eigenvalue weighted by molar-refractivity contribution is 0.0629. The molecule has 2 saturated heterocycles. The molecule has 0 radical (unpaired) electrons. The number of fused-ring (bicyclic) bond motifs is 1. The van der Waals surface area contributed by atoms with Crippen molar-refractivity contribution in [1.82, 2.24) is 20.2 Å². The number of carbonyl (C=O) groups excluding carboxylic acids is 1. The molecule has 2 aliphatic heterocycles. The van der Waals surface area contributed by atoms with Gasteiger partial charge in [-0.25, -0.2) is 4.98 Å². The van der Waals surface area contributed by atoms with Crippen molar-refractivity contribution in [2.45, 2.75) is 64.1 Å². The van der Waals surface area contributed by atoms with E-state index in [1.165, 1.54) is 19.3 Å². The molecule has 0 unspecified atom stereocenters. The van der Waals surface area contributed by atoms with E-state index in [4.69, 9.17) is 0 Å². The number of hydrogen-bond donors (Lipinski definition) is 1. The quantitative estimate of drug-likeness (QED) is 0.861. The molecular weight excluding hydrogens is 356 g/mol. The summed E-state index contributed by atoms with van der Waals surface area (Å²) in [7, 11) is 0. The Labute approximate surface area is 164 Å². The lowest BCUT2D eigenvalue weighted by Crippen LogP contribution is -2.51. The summed E-state index contributed by atoms with van der Waals surface area (Å²) in [5, 5.41) is 3.76. The molecule has 5 rings (SSSR count). The van der Waals surface area contributed by atoms with Gasteiger partial charge in [-0.05, 0) is 38.3 Å². The minimum Gasteiger partial charge on any atom is -0.331 e. The zero-order valence-electron chi connectivity index (χ0n) is 15.9. The molecule has 2 aromatic rings. The number of piperidine rings is 1. The number of rotatable bonds is 2. The van der Waals surface area contributed by atoms with E-state index in [2.05, 4.69) is 27.1 Å². The number of aromatic nitrogens is 2. The average molecular weight is 383 g/mol. The highest BCUT2D eigenvalue weighted by Crippen LogP contribution is 2.50. The molecule has 0 aromatic carbocycles. The van der Waals surface area contributed by atoms with Gasteiger partial charge in [0.1, 0.15) is 0 Å². The maximum absolute atomic E-state index is 13.6. The molecule has 3 aliphatic rings. The Morgan fingerprint density at radius 1 is 1.33 bits per heavy atom. The Hall–Kier alpha value is -1.79. The van der Waals surface area contributed by atoms with Crippen LogP contribution in [0.1, 0.15) is 55.1 Å². The molecule has 27 heavy (non-hydrogen) atoms. The van der Waals surface area contributed by atoms with Gasteiger partial charge in [-0.1, -0.05) is 19.8 Å². The zero-order valence-corrected chi connectivity index (χ0v) is 16.8. The van der Waals surface area contributed by atoms with Crippen molar-refractivity contribution < 1.29 is 4.79 Å². The van der Waals surface area contributed by atoms with E-state index in [9.17, 15) is 4.79 Å². The molecule has 1 N–H and O–H groups in total. The maximum atomic E-state index is 13.6. The van der Waals surface area contributed by atoms with Gasteiger partial charge in [-0.3, -0.25) is 9.78 Å². The lowest BCUT2D eigenvalue weighted by Gasteiger charge is -2.39. The third-order valence-electron chi connectivity index (χ3n) is 7.00. The Bertz CT molecular complexity index is 881. The van der Waals surface area contributed by atoms with E-state index in [1.807, 2.05) is 24.6 Å². The number of nitrogens with one attached hydrogen (secondary N) is 1. The van der Waals surface area contributed by atoms with Gasteiger partial charge in [0.15, 0.2) is 0 Å². The summed E-state index contributed by atoms with van der Waals surface area (Å²) < 4.78 is 0. The van der Waals surface area contributed by atoms with E-state index in [0.717, 1.165) is 41.2 Å². The summed E-state index contributed by atoms with van der Waals surface area (Å²) in [6.07, 6.45) is 7.75. The van der Waals surface area contributed by atoms with Crippen LogP contribution >= 0.6 is 11.3 Å². The SMILES string of the molecule is Cc1ncsc1-c1cc(C(=O)N2[C@@H]3CN[C@@H]4CCCC[C@H]2[C@]4(C)C3)ccn1. The predicted molar refractivity (Wildman–Crippen MR) is 107 cm³/mol. The highest BCUT2D eigenvalue weighted by Gasteiger charge is 2.57. The first kappa shape index (κ1) is 17.3. The van der Waals surface area contributed by atoms with Gasteiger partial charge in [0.25, 0.3) is 5.91 Å². The Morgan fingerprint density at radius 2 is 2.19 bits per heavy atom. The van der Waals surface area contributed by atoms with Crippen LogP contribution in [0.15, 0.2) is 23.8 Å². The van der Waals surface area contributed by atoms with Gasteiger partial charge in [0.05, 0.1) is 21.8 Å². The van der Waals surface area contributed by atoms with Crippen LogP contribution in [0.3, 0.4) is 0 Å². The van der Waals surface area contributed by atoms with Crippen molar-refractivity contribution in [2.75, 3.05) is 6.54 Å². The largest absolute Gasteiger partial charge is 0.331 e. The van der Waals surface area contributed by atoms with E-state index < -0.39 is 0 Å². The average Bonchev–Trinajstić information content (AvgIpc) is 3.14. The van der Waals surface area contributed by atoms with E-state index in [0.29, 0.717) is 18.1 Å². The molecule has 2 bridgehead atoms. The topological polar surface area (TPSA) is 58.1 Å². The summed E-state index contributed by atoms with van der Waals surface area (Å²) >= 11 is 1.58. The van der Waals surface area contributed by atoms with Crippen LogP contribution in [0, 0.1) is 12.3 Å². The van der Waals surface area contributed by atoms with Crippen molar-refractivity contribution in [1.29, 1.82) is 0 Å². The number of thiazole rings is 1. The molecule has 6 heteroatoms. The maximum Gasteiger partial charge on any atom is 0.254 e. The molecule has 1 saturated carbocycles. The van der Waals surface area contributed by atoms with Gasteiger partial charge >= 0.3 is 0 Å². The van der Waals surface area contributed by atoms with E-state index in [-0.39, 0.29) is 11.3 Å². The summed E-state index contributed by atoms with van der Waals surface area (Å²) in [5.41, 5.74) is 4.62. The molecule has 1 aliphatic carbocycles. The minimum atomic E-state index is 0.170. The summed E-state index contributed by atoms with van der Waals surface area (Å²) in [6.45, 7) is 5.32. The number of pyridine rings is 1. The first-order valence-corrected chi connectivity index (χ1v) is 10.9. The molecule has 5 nitrogen and oxygen atoms in total. The van der Waals surface area contributed by atoms with Crippen LogP contribution < -0.4 is 5.32 Å². The van der Waals surface area contributed by atoms with Gasteiger partial charge in [-0.2, -0.15) is 0 Å². The van der Waals surface area contributed by atoms with Crippen LogP contribution in [-0.2, 0) is 0 Å². The fourth-order valence-electron chi connectivity index (χ4n) is 5.65. The smallest absolute Gasteiger partial charge is 0.254 e. The first-order chi connectivity index (χ1) is 13.1. The minimum absolute atomic E-state index is 0.170.